The van der Waals surface area contributed by atoms with Gasteiger partial charge in [0.2, 0.25) is 5.91 Å². The maximum atomic E-state index is 11.1. The Labute approximate surface area is 135 Å². The fourth-order valence-corrected chi connectivity index (χ4v) is 2.40. The smallest absolute Gasteiger partial charge is 0.225 e. The van der Waals surface area contributed by atoms with Crippen molar-refractivity contribution in [2.75, 3.05) is 0 Å². The fraction of sp³-hybridized carbons (Fsp3) is 0.600. The molecule has 0 spiro atoms. The molecule has 1 amide bonds. The Morgan fingerprint density at radius 3 is 2.65 bits per heavy atom. The summed E-state index contributed by atoms with van der Waals surface area (Å²) in [5, 5.41) is 18.8. The molecule has 3 N–H and O–H groups in total. The molecule has 2 aromatic heterocycles. The molecule has 2 heterocycles. The third kappa shape index (κ3) is 4.16. The Hall–Kier alpha value is -2.22. The second-order valence-electron chi connectivity index (χ2n) is 6.33. The molecule has 8 nitrogen and oxygen atoms in total. The maximum absolute atomic E-state index is 11.1. The fourth-order valence-electron chi connectivity index (χ4n) is 2.40. The van der Waals surface area contributed by atoms with E-state index in [1.807, 2.05) is 11.6 Å². The van der Waals surface area contributed by atoms with Crippen molar-refractivity contribution in [2.24, 2.45) is 5.73 Å². The zero-order valence-corrected chi connectivity index (χ0v) is 14.1. The summed E-state index contributed by atoms with van der Waals surface area (Å²) in [4.78, 5) is 15.6. The second-order valence-corrected chi connectivity index (χ2v) is 6.33. The molecule has 2 rings (SSSR count). The number of aryl methyl sites for hydroxylation is 1. The average Bonchev–Trinajstić information content (AvgIpc) is 2.92. The Bertz CT molecular complexity index is 695. The lowest BCUT2D eigenvalue weighted by Crippen LogP contribution is -2.27. The minimum atomic E-state index is -0.959. The van der Waals surface area contributed by atoms with Gasteiger partial charge in [0.1, 0.15) is 0 Å². The van der Waals surface area contributed by atoms with Gasteiger partial charge in [-0.25, -0.2) is 9.67 Å². The van der Waals surface area contributed by atoms with Gasteiger partial charge < -0.3 is 10.8 Å². The number of primary amides is 1. The predicted molar refractivity (Wildman–Crippen MR) is 85.5 cm³/mol. The number of aliphatic hydroxyl groups is 1. The first kappa shape index (κ1) is 17.1. The molecule has 2 aromatic rings. The van der Waals surface area contributed by atoms with Crippen LogP contribution in [0.4, 0.5) is 0 Å². The number of rotatable bonds is 7. The van der Waals surface area contributed by atoms with Crippen LogP contribution in [0.2, 0.25) is 0 Å². The van der Waals surface area contributed by atoms with Gasteiger partial charge in [-0.15, -0.1) is 0 Å². The number of carbonyl (C=O) groups is 1. The number of aromatic nitrogens is 5. The van der Waals surface area contributed by atoms with E-state index >= 15 is 0 Å². The van der Waals surface area contributed by atoms with Gasteiger partial charge in [-0.05, 0) is 27.2 Å². The van der Waals surface area contributed by atoms with E-state index in [1.54, 1.807) is 24.7 Å². The minimum Gasteiger partial charge on any atom is -0.389 e. The highest BCUT2D eigenvalue weighted by Crippen LogP contribution is 2.23. The van der Waals surface area contributed by atoms with Crippen molar-refractivity contribution in [1.29, 1.82) is 0 Å². The zero-order chi connectivity index (χ0) is 17.2. The number of carbonyl (C=O) groups excluding carboxylic acids is 1. The summed E-state index contributed by atoms with van der Waals surface area (Å²) < 4.78 is 3.52. The Balaban J connectivity index is 2.46. The average molecular weight is 320 g/mol. The summed E-state index contributed by atoms with van der Waals surface area (Å²) >= 11 is 0. The quantitative estimate of drug-likeness (QED) is 0.778. The van der Waals surface area contributed by atoms with Crippen LogP contribution in [0.5, 0.6) is 0 Å². The molecule has 0 unspecified atom stereocenters. The van der Waals surface area contributed by atoms with E-state index in [-0.39, 0.29) is 13.0 Å². The summed E-state index contributed by atoms with van der Waals surface area (Å²) in [7, 11) is 0. The summed E-state index contributed by atoms with van der Waals surface area (Å²) in [5.74, 6) is 0.443. The van der Waals surface area contributed by atoms with Crippen LogP contribution in [0.15, 0.2) is 6.20 Å². The van der Waals surface area contributed by atoms with Gasteiger partial charge in [0.15, 0.2) is 11.6 Å². The largest absolute Gasteiger partial charge is 0.389 e. The van der Waals surface area contributed by atoms with E-state index < -0.39 is 11.5 Å². The molecule has 23 heavy (non-hydrogen) atoms. The third-order valence-corrected chi connectivity index (χ3v) is 3.36. The normalized spacial score (nSPS) is 11.9. The van der Waals surface area contributed by atoms with Crippen LogP contribution in [0.25, 0.3) is 11.4 Å². The van der Waals surface area contributed by atoms with Crippen LogP contribution in [0, 0.1) is 6.92 Å². The molecule has 0 aromatic carbocycles. The Kier molecular flexibility index (Phi) is 4.84. The van der Waals surface area contributed by atoms with E-state index in [4.69, 9.17) is 5.73 Å². The second kappa shape index (κ2) is 6.49. The number of nitrogens with zero attached hydrogens (tertiary/aromatic N) is 5. The van der Waals surface area contributed by atoms with E-state index in [9.17, 15) is 9.90 Å². The Morgan fingerprint density at radius 1 is 1.39 bits per heavy atom. The highest BCUT2D eigenvalue weighted by molar-refractivity contribution is 5.75. The van der Waals surface area contributed by atoms with Gasteiger partial charge in [-0.2, -0.15) is 10.2 Å². The van der Waals surface area contributed by atoms with Crippen LogP contribution in [0.1, 0.15) is 38.7 Å². The first-order valence-corrected chi connectivity index (χ1v) is 7.68. The lowest BCUT2D eigenvalue weighted by molar-refractivity contribution is -0.117. The van der Waals surface area contributed by atoms with Gasteiger partial charge >= 0.3 is 0 Å². The van der Waals surface area contributed by atoms with Crippen molar-refractivity contribution >= 4 is 5.91 Å². The van der Waals surface area contributed by atoms with Crippen molar-refractivity contribution in [1.82, 2.24) is 24.5 Å². The van der Waals surface area contributed by atoms with Gasteiger partial charge in [0.05, 0.1) is 30.3 Å². The molecule has 0 atom stereocenters. The van der Waals surface area contributed by atoms with Crippen molar-refractivity contribution in [3.05, 3.63) is 17.7 Å². The maximum Gasteiger partial charge on any atom is 0.225 e. The lowest BCUT2D eigenvalue weighted by Gasteiger charge is -2.17. The van der Waals surface area contributed by atoms with E-state index in [2.05, 4.69) is 22.1 Å². The molecule has 0 radical (unpaired) electrons. The van der Waals surface area contributed by atoms with E-state index in [0.717, 1.165) is 24.2 Å². The van der Waals surface area contributed by atoms with E-state index in [1.165, 1.54) is 0 Å². The first-order valence-electron chi connectivity index (χ1n) is 7.68. The number of amides is 1. The summed E-state index contributed by atoms with van der Waals surface area (Å²) in [5.41, 5.74) is 6.08. The standard InChI is InChI=1S/C15H24N6O2/c1-5-6-20-10(2)11(8-17-20)14-18-13(7-12(16)22)19-21(14)9-15(3,4)23/h8,23H,5-7,9H2,1-4H3,(H2,16,22). The highest BCUT2D eigenvalue weighted by Gasteiger charge is 2.22. The van der Waals surface area contributed by atoms with Crippen LogP contribution in [-0.2, 0) is 24.3 Å². The van der Waals surface area contributed by atoms with Crippen molar-refractivity contribution in [2.45, 2.75) is 59.2 Å². The van der Waals surface area contributed by atoms with Crippen LogP contribution in [-0.4, -0.2) is 41.2 Å². The number of hydrogen-bond donors (Lipinski definition) is 2. The third-order valence-electron chi connectivity index (χ3n) is 3.36. The molecule has 0 saturated carbocycles. The Morgan fingerprint density at radius 2 is 2.09 bits per heavy atom. The van der Waals surface area contributed by atoms with Crippen molar-refractivity contribution < 1.29 is 9.90 Å². The summed E-state index contributed by atoms with van der Waals surface area (Å²) in [6.07, 6.45) is 2.68. The number of hydrogen-bond acceptors (Lipinski definition) is 5. The molecule has 0 aliphatic heterocycles. The molecule has 8 heteroatoms. The SMILES string of the molecule is CCCn1ncc(-c2nc(CC(N)=O)nn2CC(C)(C)O)c1C. The molecular weight excluding hydrogens is 296 g/mol. The summed E-state index contributed by atoms with van der Waals surface area (Å²) in [6.45, 7) is 8.52. The van der Waals surface area contributed by atoms with E-state index in [0.29, 0.717) is 11.6 Å². The highest BCUT2D eigenvalue weighted by atomic mass is 16.3. The number of nitrogens with two attached hydrogens (primary N) is 1. The van der Waals surface area contributed by atoms with Crippen LogP contribution < -0.4 is 5.73 Å². The van der Waals surface area contributed by atoms with Gasteiger partial charge in [-0.1, -0.05) is 6.92 Å². The molecule has 0 aliphatic rings. The molecular formula is C15H24N6O2. The molecule has 0 aliphatic carbocycles. The molecule has 0 saturated heterocycles. The first-order chi connectivity index (χ1) is 10.7. The van der Waals surface area contributed by atoms with Gasteiger partial charge in [0, 0.05) is 12.2 Å². The van der Waals surface area contributed by atoms with Crippen molar-refractivity contribution in [3.63, 3.8) is 0 Å². The predicted octanol–water partition coefficient (Wildman–Crippen LogP) is 0.659. The molecule has 0 fully saturated rings. The van der Waals surface area contributed by atoms with Crippen LogP contribution >= 0.6 is 0 Å². The van der Waals surface area contributed by atoms with Gasteiger partial charge in [-0.3, -0.25) is 9.48 Å². The van der Waals surface area contributed by atoms with Crippen molar-refractivity contribution in [3.8, 4) is 11.4 Å². The molecule has 126 valence electrons. The minimum absolute atomic E-state index is 0.0337. The van der Waals surface area contributed by atoms with Gasteiger partial charge in [0.25, 0.3) is 0 Å². The van der Waals surface area contributed by atoms with Crippen LogP contribution in [0.3, 0.4) is 0 Å². The lowest BCUT2D eigenvalue weighted by atomic mass is 10.1. The summed E-state index contributed by atoms with van der Waals surface area (Å²) in [6, 6.07) is 0. The monoisotopic (exact) mass is 320 g/mol. The zero-order valence-electron chi connectivity index (χ0n) is 14.1. The topological polar surface area (TPSA) is 112 Å². The molecule has 0 bridgehead atoms.